The van der Waals surface area contributed by atoms with Crippen molar-refractivity contribution in [2.75, 3.05) is 20.3 Å². The number of rotatable bonds is 8. The minimum atomic E-state index is -0.373. The van der Waals surface area contributed by atoms with Crippen LogP contribution >= 0.6 is 11.6 Å². The van der Waals surface area contributed by atoms with Crippen LogP contribution in [-0.2, 0) is 16.1 Å². The van der Waals surface area contributed by atoms with Crippen molar-refractivity contribution in [1.82, 2.24) is 9.88 Å². The summed E-state index contributed by atoms with van der Waals surface area (Å²) in [5.41, 5.74) is 4.13. The summed E-state index contributed by atoms with van der Waals surface area (Å²) in [4.78, 5) is 12.5. The second-order valence-electron chi connectivity index (χ2n) is 7.00. The number of ether oxygens (including phenoxy) is 1. The average molecular weight is 422 g/mol. The van der Waals surface area contributed by atoms with E-state index in [0.29, 0.717) is 31.1 Å². The van der Waals surface area contributed by atoms with E-state index in [0.717, 1.165) is 27.7 Å². The number of hydrogen-bond acceptors (Lipinski definition) is 3. The van der Waals surface area contributed by atoms with Gasteiger partial charge in [0.2, 0.25) is 0 Å². The van der Waals surface area contributed by atoms with Crippen LogP contribution in [0.1, 0.15) is 23.2 Å². The standard InChI is InChI=1S/C24H24ClN3O2/c1-17-22(14-19(15-26)24(29)27-12-5-13-30-2)21-6-3-4-7-23(21)28(17)16-18-8-10-20(25)11-9-18/h3-4,6-11,14H,5,12-13,16H2,1-2H3,(H,27,29)/b19-14+. The van der Waals surface area contributed by atoms with Crippen LogP contribution in [0.4, 0.5) is 0 Å². The van der Waals surface area contributed by atoms with E-state index < -0.39 is 0 Å². The smallest absolute Gasteiger partial charge is 0.261 e. The first-order chi connectivity index (χ1) is 14.5. The van der Waals surface area contributed by atoms with Gasteiger partial charge in [-0.15, -0.1) is 0 Å². The molecule has 0 spiro atoms. The van der Waals surface area contributed by atoms with E-state index in [4.69, 9.17) is 16.3 Å². The maximum Gasteiger partial charge on any atom is 0.261 e. The first-order valence-electron chi connectivity index (χ1n) is 9.76. The van der Waals surface area contributed by atoms with Gasteiger partial charge in [-0.2, -0.15) is 5.26 Å². The summed E-state index contributed by atoms with van der Waals surface area (Å²) in [7, 11) is 1.62. The van der Waals surface area contributed by atoms with E-state index in [2.05, 4.69) is 9.88 Å². The molecule has 5 nitrogen and oxygen atoms in total. The highest BCUT2D eigenvalue weighted by Gasteiger charge is 2.16. The second-order valence-corrected chi connectivity index (χ2v) is 7.44. The fraction of sp³-hybridized carbons (Fsp3) is 0.250. The third-order valence-electron chi connectivity index (χ3n) is 5.00. The predicted molar refractivity (Wildman–Crippen MR) is 120 cm³/mol. The number of benzene rings is 2. The molecule has 1 heterocycles. The number of fused-ring (bicyclic) bond motifs is 1. The number of methoxy groups -OCH3 is 1. The number of nitriles is 1. The highest BCUT2D eigenvalue weighted by atomic mass is 35.5. The Labute approximate surface area is 181 Å². The third-order valence-corrected chi connectivity index (χ3v) is 5.25. The molecular weight excluding hydrogens is 398 g/mol. The summed E-state index contributed by atoms with van der Waals surface area (Å²) in [5.74, 6) is -0.373. The molecule has 0 aliphatic carbocycles. The second kappa shape index (κ2) is 10.1. The Kier molecular flexibility index (Phi) is 7.29. The van der Waals surface area contributed by atoms with Crippen LogP contribution in [-0.4, -0.2) is 30.7 Å². The lowest BCUT2D eigenvalue weighted by Gasteiger charge is -2.09. The zero-order valence-corrected chi connectivity index (χ0v) is 17.9. The number of nitrogens with zero attached hydrogens (tertiary/aromatic N) is 2. The average Bonchev–Trinajstić information content (AvgIpc) is 3.02. The Bertz CT molecular complexity index is 1110. The van der Waals surface area contributed by atoms with Crippen LogP contribution in [0.5, 0.6) is 0 Å². The Morgan fingerprint density at radius 1 is 1.23 bits per heavy atom. The van der Waals surface area contributed by atoms with Gasteiger partial charge in [0.25, 0.3) is 5.91 Å². The van der Waals surface area contributed by atoms with E-state index in [-0.39, 0.29) is 11.5 Å². The van der Waals surface area contributed by atoms with Crippen molar-refractivity contribution in [1.29, 1.82) is 5.26 Å². The Morgan fingerprint density at radius 2 is 1.97 bits per heavy atom. The van der Waals surface area contributed by atoms with Gasteiger partial charge in [-0.3, -0.25) is 4.79 Å². The Balaban J connectivity index is 1.96. The number of aromatic nitrogens is 1. The number of carbonyl (C=O) groups excluding carboxylic acids is 1. The van der Waals surface area contributed by atoms with Crippen molar-refractivity contribution in [2.45, 2.75) is 19.9 Å². The molecule has 0 aliphatic heterocycles. The maximum atomic E-state index is 12.5. The van der Waals surface area contributed by atoms with Gasteiger partial charge in [0, 0.05) is 54.0 Å². The summed E-state index contributed by atoms with van der Waals surface area (Å²) in [6, 6.07) is 17.8. The Hall–Kier alpha value is -3.07. The van der Waals surface area contributed by atoms with Crippen molar-refractivity contribution < 1.29 is 9.53 Å². The van der Waals surface area contributed by atoms with Crippen LogP contribution in [0.15, 0.2) is 54.1 Å². The van der Waals surface area contributed by atoms with Crippen molar-refractivity contribution in [2.24, 2.45) is 0 Å². The number of amides is 1. The van der Waals surface area contributed by atoms with Gasteiger partial charge in [-0.05, 0) is 43.2 Å². The van der Waals surface area contributed by atoms with Crippen LogP contribution in [0, 0.1) is 18.3 Å². The molecule has 6 heteroatoms. The topological polar surface area (TPSA) is 67.0 Å². The minimum absolute atomic E-state index is 0.0879. The molecule has 30 heavy (non-hydrogen) atoms. The molecule has 0 saturated heterocycles. The Morgan fingerprint density at radius 3 is 2.67 bits per heavy atom. The number of hydrogen-bond donors (Lipinski definition) is 1. The van der Waals surface area contributed by atoms with Crippen LogP contribution in [0.2, 0.25) is 5.02 Å². The van der Waals surface area contributed by atoms with Crippen molar-refractivity contribution in [3.8, 4) is 6.07 Å². The molecule has 0 unspecified atom stereocenters. The summed E-state index contributed by atoms with van der Waals surface area (Å²) in [6.07, 6.45) is 2.38. The van der Waals surface area contributed by atoms with Gasteiger partial charge < -0.3 is 14.6 Å². The van der Waals surface area contributed by atoms with E-state index in [1.54, 1.807) is 13.2 Å². The molecule has 0 bridgehead atoms. The molecule has 0 saturated carbocycles. The summed E-state index contributed by atoms with van der Waals surface area (Å²) in [6.45, 7) is 3.70. The SMILES string of the molecule is COCCCNC(=O)/C(C#N)=C/c1c(C)n(Cc2ccc(Cl)cc2)c2ccccc12. The first kappa shape index (κ1) is 21.6. The molecule has 0 fully saturated rings. The fourth-order valence-corrected chi connectivity index (χ4v) is 3.55. The monoisotopic (exact) mass is 421 g/mol. The van der Waals surface area contributed by atoms with Gasteiger partial charge in [0.15, 0.2) is 0 Å². The van der Waals surface area contributed by atoms with E-state index in [1.165, 1.54) is 0 Å². The largest absolute Gasteiger partial charge is 0.385 e. The first-order valence-corrected chi connectivity index (χ1v) is 10.1. The van der Waals surface area contributed by atoms with Crippen LogP contribution in [0.25, 0.3) is 17.0 Å². The van der Waals surface area contributed by atoms with E-state index in [9.17, 15) is 10.1 Å². The molecule has 3 rings (SSSR count). The van der Waals surface area contributed by atoms with Gasteiger partial charge >= 0.3 is 0 Å². The molecule has 154 valence electrons. The van der Waals surface area contributed by atoms with Gasteiger partial charge in [-0.1, -0.05) is 41.9 Å². The highest BCUT2D eigenvalue weighted by molar-refractivity contribution is 6.30. The number of halogens is 1. The van der Waals surface area contributed by atoms with Crippen molar-refractivity contribution >= 4 is 34.5 Å². The van der Waals surface area contributed by atoms with Gasteiger partial charge in [0.05, 0.1) is 0 Å². The fourth-order valence-electron chi connectivity index (χ4n) is 3.42. The van der Waals surface area contributed by atoms with E-state index in [1.807, 2.05) is 61.5 Å². The molecule has 0 radical (unpaired) electrons. The highest BCUT2D eigenvalue weighted by Crippen LogP contribution is 2.29. The zero-order valence-electron chi connectivity index (χ0n) is 17.1. The van der Waals surface area contributed by atoms with Crippen LogP contribution in [0.3, 0.4) is 0 Å². The molecule has 0 atom stereocenters. The zero-order chi connectivity index (χ0) is 21.5. The number of para-hydroxylation sites is 1. The lowest BCUT2D eigenvalue weighted by atomic mass is 10.1. The third kappa shape index (κ3) is 4.91. The van der Waals surface area contributed by atoms with Crippen LogP contribution < -0.4 is 5.32 Å². The number of carbonyl (C=O) groups is 1. The molecule has 1 N–H and O–H groups in total. The van der Waals surface area contributed by atoms with E-state index >= 15 is 0 Å². The van der Waals surface area contributed by atoms with Gasteiger partial charge in [0.1, 0.15) is 11.6 Å². The minimum Gasteiger partial charge on any atom is -0.385 e. The molecule has 1 amide bonds. The summed E-state index contributed by atoms with van der Waals surface area (Å²) >= 11 is 6.01. The molecular formula is C24H24ClN3O2. The van der Waals surface area contributed by atoms with Crippen molar-refractivity contribution in [3.63, 3.8) is 0 Å². The normalized spacial score (nSPS) is 11.5. The quantitative estimate of drug-likeness (QED) is 0.325. The molecule has 1 aromatic heterocycles. The lowest BCUT2D eigenvalue weighted by Crippen LogP contribution is -2.26. The summed E-state index contributed by atoms with van der Waals surface area (Å²) in [5, 5.41) is 14.1. The lowest BCUT2D eigenvalue weighted by molar-refractivity contribution is -0.117. The maximum absolute atomic E-state index is 12.5. The predicted octanol–water partition coefficient (Wildman–Crippen LogP) is 4.71. The molecule has 3 aromatic rings. The molecule has 0 aliphatic rings. The molecule has 2 aromatic carbocycles. The van der Waals surface area contributed by atoms with Crippen molar-refractivity contribution in [3.05, 3.63) is 75.9 Å². The number of nitrogens with one attached hydrogen (secondary N) is 1. The summed E-state index contributed by atoms with van der Waals surface area (Å²) < 4.78 is 7.18. The van der Waals surface area contributed by atoms with Gasteiger partial charge in [-0.25, -0.2) is 0 Å².